The van der Waals surface area contributed by atoms with Gasteiger partial charge in [-0.1, -0.05) is 77.8 Å². The Balaban J connectivity index is 0. The highest BCUT2D eigenvalue weighted by Crippen LogP contribution is 2.38. The molecule has 0 spiro atoms. The molecule has 0 nitrogen and oxygen atoms in total. The fourth-order valence-electron chi connectivity index (χ4n) is 3.75. The van der Waals surface area contributed by atoms with Crippen molar-refractivity contribution in [3.8, 4) is 0 Å². The van der Waals surface area contributed by atoms with E-state index in [2.05, 4.69) is 41.5 Å². The lowest BCUT2D eigenvalue weighted by molar-refractivity contribution is 1.13. The summed E-state index contributed by atoms with van der Waals surface area (Å²) in [6, 6.07) is 9.26. The molecule has 0 N–H and O–H groups in total. The summed E-state index contributed by atoms with van der Waals surface area (Å²) in [6.45, 7) is 14.8. The maximum Gasteiger partial charge on any atom is 0.0470 e. The van der Waals surface area contributed by atoms with Crippen molar-refractivity contribution in [1.29, 1.82) is 0 Å². The van der Waals surface area contributed by atoms with Gasteiger partial charge in [0.15, 0.2) is 0 Å². The van der Waals surface area contributed by atoms with Crippen LogP contribution in [0.1, 0.15) is 41.5 Å². The van der Waals surface area contributed by atoms with Crippen molar-refractivity contribution in [3.63, 3.8) is 0 Å². The Morgan fingerprint density at radius 2 is 0.600 bits per heavy atom. The molecule has 0 aromatic rings. The molecular formula is C12H34Si3. The predicted molar refractivity (Wildman–Crippen MR) is 85.7 cm³/mol. The molecule has 15 heavy (non-hydrogen) atoms. The summed E-state index contributed by atoms with van der Waals surface area (Å²) in [5, 5.41) is 0. The van der Waals surface area contributed by atoms with E-state index in [1.807, 2.05) is 0 Å². The van der Waals surface area contributed by atoms with Gasteiger partial charge in [0, 0.05) is 15.2 Å². The molecule has 0 saturated heterocycles. The van der Waals surface area contributed by atoms with E-state index >= 15 is 0 Å². The molecule has 0 radical (unpaired) electrons. The molecule has 0 aromatic heterocycles. The molecule has 0 unspecified atom stereocenters. The van der Waals surface area contributed by atoms with Gasteiger partial charge in [-0.25, -0.2) is 0 Å². The quantitative estimate of drug-likeness (QED) is 0.615. The minimum atomic E-state index is -0.858. The van der Waals surface area contributed by atoms with Crippen LogP contribution in [0.5, 0.6) is 0 Å². The van der Waals surface area contributed by atoms with Crippen molar-refractivity contribution in [2.75, 3.05) is 0 Å². The normalized spacial score (nSPS) is 12.4. The Labute approximate surface area is 104 Å². The number of hydrogen-bond donors (Lipinski definition) is 0. The predicted octanol–water partition coefficient (Wildman–Crippen LogP) is 3.63. The third-order valence-corrected chi connectivity index (χ3v) is 28.7. The van der Waals surface area contributed by atoms with Gasteiger partial charge in [0.1, 0.15) is 0 Å². The average molecular weight is 263 g/mol. The summed E-state index contributed by atoms with van der Waals surface area (Å²) in [7, 11) is -1.72. The van der Waals surface area contributed by atoms with E-state index in [4.69, 9.17) is 0 Å². The maximum absolute atomic E-state index is 2.47. The monoisotopic (exact) mass is 262 g/mol. The zero-order valence-corrected chi connectivity index (χ0v) is 13.2. The molecule has 0 aliphatic rings. The summed E-state index contributed by atoms with van der Waals surface area (Å²) < 4.78 is 0. The third kappa shape index (κ3) is 3.07. The smallest absolute Gasteiger partial charge is 0.0470 e. The third-order valence-electron chi connectivity index (χ3n) is 5.19. The molecular weight excluding hydrogens is 228 g/mol. The average Bonchev–Trinajstić information content (AvgIpc) is 2.27. The summed E-state index contributed by atoms with van der Waals surface area (Å²) in [5.74, 6) is 0. The van der Waals surface area contributed by atoms with E-state index in [9.17, 15) is 0 Å². The molecule has 0 amide bonds. The SMILES string of the molecule is CC[Si](CC)(CC)[Si](CC)(CC)CC.[SiH4]. The zero-order valence-electron chi connectivity index (χ0n) is 11.2. The van der Waals surface area contributed by atoms with Crippen molar-refractivity contribution in [3.05, 3.63) is 0 Å². The fourth-order valence-corrected chi connectivity index (χ4v) is 24.7. The van der Waals surface area contributed by atoms with Gasteiger partial charge < -0.3 is 0 Å². The van der Waals surface area contributed by atoms with Crippen LogP contribution in [0.2, 0.25) is 36.3 Å². The lowest BCUT2D eigenvalue weighted by atomic mass is 10.9. The molecule has 0 saturated carbocycles. The highest BCUT2D eigenvalue weighted by atomic mass is 29.3. The minimum absolute atomic E-state index is 0. The first-order valence-electron chi connectivity index (χ1n) is 6.61. The Bertz CT molecular complexity index is 114. The summed E-state index contributed by atoms with van der Waals surface area (Å²) in [6.07, 6.45) is 0. The van der Waals surface area contributed by atoms with Crippen LogP contribution in [0.15, 0.2) is 0 Å². The van der Waals surface area contributed by atoms with E-state index in [0.717, 1.165) is 0 Å². The molecule has 0 aliphatic heterocycles. The molecule has 94 valence electrons. The van der Waals surface area contributed by atoms with E-state index in [-0.39, 0.29) is 11.0 Å². The van der Waals surface area contributed by atoms with Crippen LogP contribution in [0.3, 0.4) is 0 Å². The second kappa shape index (κ2) is 7.85. The first-order chi connectivity index (χ1) is 6.61. The highest BCUT2D eigenvalue weighted by Gasteiger charge is 2.47. The van der Waals surface area contributed by atoms with Gasteiger partial charge >= 0.3 is 0 Å². The van der Waals surface area contributed by atoms with Crippen molar-refractivity contribution in [2.24, 2.45) is 0 Å². The van der Waals surface area contributed by atoms with E-state index in [0.29, 0.717) is 0 Å². The van der Waals surface area contributed by atoms with E-state index in [1.165, 1.54) is 0 Å². The topological polar surface area (TPSA) is 0 Å². The van der Waals surface area contributed by atoms with Crippen molar-refractivity contribution >= 4 is 26.1 Å². The van der Waals surface area contributed by atoms with Crippen molar-refractivity contribution < 1.29 is 0 Å². The molecule has 0 aromatic carbocycles. The van der Waals surface area contributed by atoms with Crippen LogP contribution in [0.25, 0.3) is 0 Å². The highest BCUT2D eigenvalue weighted by molar-refractivity contribution is 7.42. The standard InChI is InChI=1S/C12H30Si2.H4Si/c1-7-13(8-2,9-3)14(10-4,11-5)12-6;/h7-12H2,1-6H3;1H4. The van der Waals surface area contributed by atoms with Crippen LogP contribution in [-0.4, -0.2) is 26.1 Å². The van der Waals surface area contributed by atoms with Gasteiger partial charge in [-0.3, -0.25) is 0 Å². The Morgan fingerprint density at radius 1 is 0.467 bits per heavy atom. The molecule has 0 fully saturated rings. The van der Waals surface area contributed by atoms with Gasteiger partial charge in [0.25, 0.3) is 0 Å². The van der Waals surface area contributed by atoms with E-state index in [1.54, 1.807) is 36.3 Å². The maximum atomic E-state index is 2.47. The van der Waals surface area contributed by atoms with Gasteiger partial charge in [-0.05, 0) is 11.0 Å². The van der Waals surface area contributed by atoms with E-state index < -0.39 is 15.2 Å². The van der Waals surface area contributed by atoms with Gasteiger partial charge in [-0.2, -0.15) is 0 Å². The summed E-state index contributed by atoms with van der Waals surface area (Å²) >= 11 is 0. The van der Waals surface area contributed by atoms with Gasteiger partial charge in [0.2, 0.25) is 0 Å². The van der Waals surface area contributed by atoms with Crippen LogP contribution < -0.4 is 0 Å². The molecule has 0 heterocycles. The van der Waals surface area contributed by atoms with Crippen LogP contribution in [0, 0.1) is 0 Å². The van der Waals surface area contributed by atoms with Gasteiger partial charge in [0.05, 0.1) is 0 Å². The summed E-state index contributed by atoms with van der Waals surface area (Å²) in [5.41, 5.74) is 0. The first-order valence-corrected chi connectivity index (χ1v) is 12.9. The molecule has 0 aliphatic carbocycles. The summed E-state index contributed by atoms with van der Waals surface area (Å²) in [4.78, 5) is 0. The van der Waals surface area contributed by atoms with Crippen molar-refractivity contribution in [2.45, 2.75) is 77.8 Å². The van der Waals surface area contributed by atoms with Crippen molar-refractivity contribution in [1.82, 2.24) is 0 Å². The molecule has 0 atom stereocenters. The molecule has 0 bridgehead atoms. The largest absolute Gasteiger partial charge is 0.0680 e. The zero-order chi connectivity index (χ0) is 11.2. The first kappa shape index (κ1) is 18.0. The minimum Gasteiger partial charge on any atom is -0.0680 e. The van der Waals surface area contributed by atoms with Crippen LogP contribution >= 0.6 is 0 Å². The second-order valence-electron chi connectivity index (χ2n) is 4.68. The Hall–Kier alpha value is 0.651. The second-order valence-corrected chi connectivity index (χ2v) is 20.4. The van der Waals surface area contributed by atoms with Crippen LogP contribution in [0.4, 0.5) is 0 Å². The molecule has 3 heteroatoms. The number of hydrogen-bond acceptors (Lipinski definition) is 0. The van der Waals surface area contributed by atoms with Gasteiger partial charge in [-0.15, -0.1) is 0 Å². The molecule has 0 rings (SSSR count). The lowest BCUT2D eigenvalue weighted by Crippen LogP contribution is -2.60. The Morgan fingerprint density at radius 3 is 0.667 bits per heavy atom. The Kier molecular flexibility index (Phi) is 9.43. The lowest BCUT2D eigenvalue weighted by Gasteiger charge is -2.46. The fraction of sp³-hybridized carbons (Fsp3) is 1.00. The number of rotatable bonds is 7. The van der Waals surface area contributed by atoms with Crippen LogP contribution in [-0.2, 0) is 0 Å².